The Balaban J connectivity index is 3.47. The highest BCUT2D eigenvalue weighted by molar-refractivity contribution is 7.56. The zero-order chi connectivity index (χ0) is 4.50. The first kappa shape index (κ1) is 5.18. The monoisotopic (exact) mass is 96.0 g/mol. The molecule has 0 atom stereocenters. The Hall–Kier alpha value is 0.180. The molecule has 3 nitrogen and oxygen atoms in total. The highest BCUT2D eigenvalue weighted by Gasteiger charge is 1.87. The second-order valence-electron chi connectivity index (χ2n) is 0.693. The van der Waals surface area contributed by atoms with Gasteiger partial charge in [-0.2, -0.15) is 0 Å². The number of hydrogen-bond donors (Lipinski definition) is 3. The van der Waals surface area contributed by atoms with E-state index in [4.69, 9.17) is 14.7 Å². The minimum Gasteiger partial charge on any atom is -0.333 e. The van der Waals surface area contributed by atoms with E-state index in [-0.39, 0.29) is 0 Å². The second-order valence-corrected chi connectivity index (χ2v) is 2.08. The Bertz CT molecular complexity index is 53.0. The summed E-state index contributed by atoms with van der Waals surface area (Å²) in [5.41, 5.74) is 0. The third-order valence-corrected chi connectivity index (χ3v) is 0. The van der Waals surface area contributed by atoms with Crippen LogP contribution >= 0.6 is 7.57 Å². The fraction of sp³-hybridized carbons (Fsp3) is 0. The minimum absolute atomic E-state index is 2.55. The molecule has 0 aromatic rings. The summed E-state index contributed by atoms with van der Waals surface area (Å²) in [7, 11) is -3.64. The van der Waals surface area contributed by atoms with E-state index in [1.807, 2.05) is 0 Å². The van der Waals surface area contributed by atoms with Crippen LogP contribution in [0.15, 0.2) is 0 Å². The average Bonchev–Trinajstić information content (AvgIpc) is 0.722. The first-order valence-electron chi connectivity index (χ1n) is 0.916. The molecule has 0 aromatic heterocycles. The zero-order valence-corrected chi connectivity index (χ0v) is 3.39. The summed E-state index contributed by atoms with van der Waals surface area (Å²) >= 11 is 0. The summed E-state index contributed by atoms with van der Waals surface area (Å²) < 4.78 is 0. The van der Waals surface area contributed by atoms with Crippen LogP contribution in [0.2, 0.25) is 0 Å². The maximum absolute atomic E-state index is 7.63. The fourth-order valence-corrected chi connectivity index (χ4v) is 0. The predicted octanol–water partition coefficient (Wildman–Crippen LogP) is -0.842. The lowest BCUT2D eigenvalue weighted by atomic mass is 12.0. The molecule has 3 N–H and O–H groups in total. The third-order valence-electron chi connectivity index (χ3n) is 0. The van der Waals surface area contributed by atoms with Gasteiger partial charge in [0.05, 0.1) is 0 Å². The smallest absolute Gasteiger partial charge is 0.242 e. The lowest BCUT2D eigenvalue weighted by Gasteiger charge is -1.92. The molecule has 5 heavy (non-hydrogen) atoms. The van der Waals surface area contributed by atoms with Gasteiger partial charge in [0, 0.05) is 0 Å². The molecule has 0 spiro atoms. The van der Waals surface area contributed by atoms with Crippen LogP contribution in [0.5, 0.6) is 0 Å². The van der Waals surface area contributed by atoms with Crippen molar-refractivity contribution in [3.05, 3.63) is 0 Å². The van der Waals surface area contributed by atoms with E-state index >= 15 is 0 Å². The third kappa shape index (κ3) is 613. The van der Waals surface area contributed by atoms with Gasteiger partial charge >= 0.3 is 0 Å². The molecule has 0 radical (unpaired) electrons. The minimum atomic E-state index is -3.64. The largest absolute Gasteiger partial charge is 0.333 e. The Kier molecular flexibility index (Phi) is 1.15. The molecule has 0 unspecified atom stereocenters. The summed E-state index contributed by atoms with van der Waals surface area (Å²) in [6, 6.07) is 0. The van der Waals surface area contributed by atoms with Gasteiger partial charge in [-0.05, 0) is 6.30 Å². The van der Waals surface area contributed by atoms with Gasteiger partial charge in [-0.25, -0.2) is 0 Å². The first-order chi connectivity index (χ1) is 2.00. The molecule has 4 heteroatoms. The Morgan fingerprint density at radius 3 is 1.20 bits per heavy atom. The van der Waals surface area contributed by atoms with Crippen molar-refractivity contribution >= 4 is 13.9 Å². The molecule has 0 saturated heterocycles. The standard InChI is InChI=1S/CH5O3P/c1-5(2,3)4/h2-4H,1H2. The van der Waals surface area contributed by atoms with Crippen molar-refractivity contribution in [3.63, 3.8) is 0 Å². The molecule has 0 saturated carbocycles. The lowest BCUT2D eigenvalue weighted by Crippen LogP contribution is -1.67. The van der Waals surface area contributed by atoms with Crippen molar-refractivity contribution in [1.29, 1.82) is 0 Å². The van der Waals surface area contributed by atoms with Crippen molar-refractivity contribution in [3.8, 4) is 0 Å². The number of hydrogen-bond acceptors (Lipinski definition) is 3. The molecule has 0 aliphatic heterocycles. The molecular weight excluding hydrogens is 91.0 g/mol. The van der Waals surface area contributed by atoms with Gasteiger partial charge in [-0.3, -0.25) is 0 Å². The quantitative estimate of drug-likeness (QED) is 0.344. The second kappa shape index (κ2) is 1.11. The molecule has 0 heterocycles. The average molecular weight is 96.0 g/mol. The summed E-state index contributed by atoms with van der Waals surface area (Å²) in [5.74, 6) is 0. The van der Waals surface area contributed by atoms with Gasteiger partial charge < -0.3 is 14.7 Å². The van der Waals surface area contributed by atoms with E-state index in [2.05, 4.69) is 6.30 Å². The zero-order valence-electron chi connectivity index (χ0n) is 2.50. The van der Waals surface area contributed by atoms with Crippen LogP contribution in [-0.2, 0) is 0 Å². The lowest BCUT2D eigenvalue weighted by molar-refractivity contribution is 0.361. The summed E-state index contributed by atoms with van der Waals surface area (Å²) in [6.07, 6.45) is 2.55. The molecule has 0 aliphatic carbocycles. The highest BCUT2D eigenvalue weighted by Crippen LogP contribution is 2.24. The van der Waals surface area contributed by atoms with Gasteiger partial charge in [0.1, 0.15) is 0 Å². The molecule has 0 fully saturated rings. The van der Waals surface area contributed by atoms with Crippen LogP contribution in [-0.4, -0.2) is 21.0 Å². The topological polar surface area (TPSA) is 60.7 Å². The Labute approximate surface area is 29.7 Å². The summed E-state index contributed by atoms with van der Waals surface area (Å²) in [5, 5.41) is 0. The Morgan fingerprint density at radius 1 is 1.20 bits per heavy atom. The SMILES string of the molecule is C=P(O)(O)O. The first-order valence-corrected chi connectivity index (χ1v) is 2.75. The van der Waals surface area contributed by atoms with Crippen LogP contribution in [0.1, 0.15) is 0 Å². The maximum Gasteiger partial charge on any atom is 0.242 e. The van der Waals surface area contributed by atoms with E-state index in [9.17, 15) is 0 Å². The number of rotatable bonds is 0. The molecule has 0 aromatic carbocycles. The van der Waals surface area contributed by atoms with Crippen LogP contribution < -0.4 is 0 Å². The van der Waals surface area contributed by atoms with Crippen molar-refractivity contribution in [2.24, 2.45) is 0 Å². The van der Waals surface area contributed by atoms with E-state index < -0.39 is 7.57 Å². The van der Waals surface area contributed by atoms with Crippen LogP contribution in [0, 0.1) is 0 Å². The maximum atomic E-state index is 7.63. The molecule has 0 rings (SSSR count). The summed E-state index contributed by atoms with van der Waals surface area (Å²) in [6.45, 7) is 0. The molecule has 0 aliphatic rings. The van der Waals surface area contributed by atoms with Crippen LogP contribution in [0.3, 0.4) is 0 Å². The van der Waals surface area contributed by atoms with Crippen molar-refractivity contribution in [2.75, 3.05) is 0 Å². The van der Waals surface area contributed by atoms with Crippen molar-refractivity contribution in [1.82, 2.24) is 0 Å². The van der Waals surface area contributed by atoms with E-state index in [1.165, 1.54) is 0 Å². The van der Waals surface area contributed by atoms with Gasteiger partial charge in [-0.1, -0.05) is 0 Å². The Morgan fingerprint density at radius 2 is 1.20 bits per heavy atom. The van der Waals surface area contributed by atoms with Crippen molar-refractivity contribution in [2.45, 2.75) is 0 Å². The van der Waals surface area contributed by atoms with Gasteiger partial charge in [-0.15, -0.1) is 0 Å². The molecular formula is CH5O3P. The van der Waals surface area contributed by atoms with Crippen molar-refractivity contribution < 1.29 is 14.7 Å². The van der Waals surface area contributed by atoms with Gasteiger partial charge in [0.2, 0.25) is 7.57 Å². The summed E-state index contributed by atoms with van der Waals surface area (Å²) in [4.78, 5) is 22.9. The van der Waals surface area contributed by atoms with Gasteiger partial charge in [0.15, 0.2) is 0 Å². The van der Waals surface area contributed by atoms with Crippen LogP contribution in [0.4, 0.5) is 0 Å². The molecule has 32 valence electrons. The van der Waals surface area contributed by atoms with E-state index in [0.29, 0.717) is 0 Å². The predicted molar refractivity (Wildman–Crippen MR) is 20.7 cm³/mol. The molecule has 0 bridgehead atoms. The fourth-order valence-electron chi connectivity index (χ4n) is 0. The van der Waals surface area contributed by atoms with E-state index in [0.717, 1.165) is 0 Å². The van der Waals surface area contributed by atoms with Crippen LogP contribution in [0.25, 0.3) is 0 Å². The normalized spacial score (nSPS) is 11.8. The molecule has 0 amide bonds. The van der Waals surface area contributed by atoms with Gasteiger partial charge in [0.25, 0.3) is 0 Å². The highest BCUT2D eigenvalue weighted by atomic mass is 31.2. The van der Waals surface area contributed by atoms with E-state index in [1.54, 1.807) is 0 Å².